The number of pyridine rings is 1. The van der Waals surface area contributed by atoms with Crippen LogP contribution in [0.3, 0.4) is 0 Å². The van der Waals surface area contributed by atoms with Crippen molar-refractivity contribution in [2.45, 2.75) is 6.92 Å². The van der Waals surface area contributed by atoms with Crippen LogP contribution in [0.4, 0.5) is 0 Å². The molecular formula is C12H10N2O3. The molecule has 0 amide bonds. The zero-order valence-electron chi connectivity index (χ0n) is 9.12. The Morgan fingerprint density at radius 2 is 2.24 bits per heavy atom. The topological polar surface area (TPSA) is 71.7 Å². The summed E-state index contributed by atoms with van der Waals surface area (Å²) < 4.78 is 1.22. The van der Waals surface area contributed by atoms with Gasteiger partial charge in [0, 0.05) is 12.3 Å². The Kier molecular flexibility index (Phi) is 2.74. The van der Waals surface area contributed by atoms with Gasteiger partial charge >= 0.3 is 5.97 Å². The number of carbonyl (C=O) groups is 1. The summed E-state index contributed by atoms with van der Waals surface area (Å²) in [4.78, 5) is 26.7. The van der Waals surface area contributed by atoms with Gasteiger partial charge in [-0.1, -0.05) is 6.08 Å². The molecule has 5 nitrogen and oxygen atoms in total. The van der Waals surface area contributed by atoms with Crippen LogP contribution >= 0.6 is 0 Å². The highest BCUT2D eigenvalue weighted by molar-refractivity contribution is 5.87. The molecule has 2 heterocycles. The van der Waals surface area contributed by atoms with Gasteiger partial charge in [0.25, 0.3) is 5.56 Å². The fourth-order valence-electron chi connectivity index (χ4n) is 1.50. The van der Waals surface area contributed by atoms with Gasteiger partial charge in [0.05, 0.1) is 11.3 Å². The van der Waals surface area contributed by atoms with Crippen LogP contribution in [-0.2, 0) is 0 Å². The minimum atomic E-state index is -1.07. The molecule has 2 rings (SSSR count). The highest BCUT2D eigenvalue weighted by Gasteiger charge is 2.05. The van der Waals surface area contributed by atoms with Gasteiger partial charge in [-0.3, -0.25) is 9.20 Å². The van der Waals surface area contributed by atoms with Crippen molar-refractivity contribution in [3.8, 4) is 0 Å². The number of nitrogens with zero attached hydrogens (tertiary/aromatic N) is 2. The normalized spacial score (nSPS) is 11.1. The van der Waals surface area contributed by atoms with Crippen LogP contribution in [0.15, 0.2) is 35.3 Å². The van der Waals surface area contributed by atoms with Gasteiger partial charge in [0.1, 0.15) is 5.65 Å². The lowest BCUT2D eigenvalue weighted by Gasteiger charge is -2.02. The first-order valence-electron chi connectivity index (χ1n) is 5.01. The zero-order valence-corrected chi connectivity index (χ0v) is 9.12. The largest absolute Gasteiger partial charge is 0.478 e. The lowest BCUT2D eigenvalue weighted by Crippen LogP contribution is -2.15. The molecule has 86 valence electrons. The van der Waals surface area contributed by atoms with E-state index in [4.69, 9.17) is 5.11 Å². The van der Waals surface area contributed by atoms with Crippen molar-refractivity contribution in [2.24, 2.45) is 0 Å². The van der Waals surface area contributed by atoms with E-state index >= 15 is 0 Å². The van der Waals surface area contributed by atoms with Crippen LogP contribution in [0.25, 0.3) is 11.7 Å². The summed E-state index contributed by atoms with van der Waals surface area (Å²) in [5.74, 6) is -1.07. The third-order valence-corrected chi connectivity index (χ3v) is 2.26. The summed E-state index contributed by atoms with van der Waals surface area (Å²) in [6, 6.07) is 4.29. The fourth-order valence-corrected chi connectivity index (χ4v) is 1.50. The van der Waals surface area contributed by atoms with E-state index < -0.39 is 5.97 Å². The van der Waals surface area contributed by atoms with Crippen molar-refractivity contribution in [1.29, 1.82) is 0 Å². The molecule has 0 unspecified atom stereocenters. The van der Waals surface area contributed by atoms with Gasteiger partial charge in [-0.2, -0.15) is 0 Å². The molecule has 0 fully saturated rings. The second-order valence-electron chi connectivity index (χ2n) is 3.47. The Morgan fingerprint density at radius 1 is 1.47 bits per heavy atom. The molecule has 0 aliphatic carbocycles. The van der Waals surface area contributed by atoms with E-state index in [-0.39, 0.29) is 11.1 Å². The van der Waals surface area contributed by atoms with Gasteiger partial charge in [0.15, 0.2) is 0 Å². The minimum Gasteiger partial charge on any atom is -0.478 e. The summed E-state index contributed by atoms with van der Waals surface area (Å²) in [5, 5.41) is 8.83. The number of hydrogen-bond acceptors (Lipinski definition) is 3. The third kappa shape index (κ3) is 2.08. The first-order chi connectivity index (χ1) is 8.11. The standard InChI is InChI=1S/C12H10N2O3/c1-2-3-9-6-11(15)14-7-8(12(16)17)4-5-10(14)13-9/h2-7H,1H3,(H,16,17). The van der Waals surface area contributed by atoms with Crippen LogP contribution in [0, 0.1) is 0 Å². The molecule has 2 aromatic rings. The van der Waals surface area contributed by atoms with E-state index in [1.54, 1.807) is 12.2 Å². The molecule has 2 aromatic heterocycles. The Morgan fingerprint density at radius 3 is 2.88 bits per heavy atom. The molecule has 0 aliphatic heterocycles. The highest BCUT2D eigenvalue weighted by atomic mass is 16.4. The first-order valence-corrected chi connectivity index (χ1v) is 5.01. The minimum absolute atomic E-state index is 0.0557. The SMILES string of the molecule is CC=Cc1cc(=O)n2cc(C(=O)O)ccc2n1. The number of hydrogen-bond donors (Lipinski definition) is 1. The molecule has 5 heteroatoms. The monoisotopic (exact) mass is 230 g/mol. The summed E-state index contributed by atoms with van der Waals surface area (Å²) in [6.07, 6.45) is 4.77. The van der Waals surface area contributed by atoms with Crippen molar-refractivity contribution in [1.82, 2.24) is 9.38 Å². The number of fused-ring (bicyclic) bond motifs is 1. The van der Waals surface area contributed by atoms with E-state index in [1.165, 1.54) is 28.8 Å². The Balaban J connectivity index is 2.73. The molecule has 17 heavy (non-hydrogen) atoms. The number of carboxylic acid groups (broad SMARTS) is 1. The number of aromatic nitrogens is 2. The lowest BCUT2D eigenvalue weighted by molar-refractivity contribution is 0.0696. The Hall–Kier alpha value is -2.43. The maximum Gasteiger partial charge on any atom is 0.337 e. The summed E-state index contributed by atoms with van der Waals surface area (Å²) >= 11 is 0. The first kappa shape index (κ1) is 11.1. The fraction of sp³-hybridized carbons (Fsp3) is 0.0833. The molecule has 0 saturated heterocycles. The van der Waals surface area contributed by atoms with Gasteiger partial charge in [-0.05, 0) is 25.1 Å². The summed E-state index contributed by atoms with van der Waals surface area (Å²) in [5.41, 5.74) is 0.738. The van der Waals surface area contributed by atoms with E-state index in [2.05, 4.69) is 4.98 Å². The number of aromatic carboxylic acids is 1. The van der Waals surface area contributed by atoms with Crippen molar-refractivity contribution < 1.29 is 9.90 Å². The number of allylic oxidation sites excluding steroid dienone is 1. The smallest absolute Gasteiger partial charge is 0.337 e. The van der Waals surface area contributed by atoms with Crippen molar-refractivity contribution in [3.63, 3.8) is 0 Å². The van der Waals surface area contributed by atoms with E-state index in [0.29, 0.717) is 11.3 Å². The Labute approximate surface area is 96.7 Å². The van der Waals surface area contributed by atoms with Gasteiger partial charge < -0.3 is 5.11 Å². The van der Waals surface area contributed by atoms with Gasteiger partial charge in [-0.25, -0.2) is 9.78 Å². The van der Waals surface area contributed by atoms with Crippen LogP contribution < -0.4 is 5.56 Å². The zero-order chi connectivity index (χ0) is 12.4. The molecule has 0 bridgehead atoms. The molecule has 0 aromatic carbocycles. The van der Waals surface area contributed by atoms with Crippen molar-refractivity contribution in [2.75, 3.05) is 0 Å². The predicted octanol–water partition coefficient (Wildman–Crippen LogP) is 1.43. The maximum atomic E-state index is 11.7. The molecule has 0 aliphatic rings. The van der Waals surface area contributed by atoms with Crippen LogP contribution in [-0.4, -0.2) is 20.5 Å². The maximum absolute atomic E-state index is 11.7. The number of rotatable bonds is 2. The Bertz CT molecular complexity index is 671. The second-order valence-corrected chi connectivity index (χ2v) is 3.47. The average molecular weight is 230 g/mol. The quantitative estimate of drug-likeness (QED) is 0.847. The van der Waals surface area contributed by atoms with E-state index in [9.17, 15) is 9.59 Å². The van der Waals surface area contributed by atoms with Crippen LogP contribution in [0.2, 0.25) is 0 Å². The summed E-state index contributed by atoms with van der Waals surface area (Å²) in [7, 11) is 0. The number of carboxylic acids is 1. The van der Waals surface area contributed by atoms with E-state index in [0.717, 1.165) is 0 Å². The molecule has 0 atom stereocenters. The van der Waals surface area contributed by atoms with Crippen LogP contribution in [0.5, 0.6) is 0 Å². The molecule has 0 radical (unpaired) electrons. The lowest BCUT2D eigenvalue weighted by atomic mass is 10.3. The molecule has 0 spiro atoms. The molecule has 0 saturated carbocycles. The summed E-state index contributed by atoms with van der Waals surface area (Å²) in [6.45, 7) is 1.83. The predicted molar refractivity (Wildman–Crippen MR) is 63.1 cm³/mol. The molecule has 1 N–H and O–H groups in total. The second kappa shape index (κ2) is 4.21. The highest BCUT2D eigenvalue weighted by Crippen LogP contribution is 2.04. The van der Waals surface area contributed by atoms with Crippen molar-refractivity contribution in [3.05, 3.63) is 52.1 Å². The van der Waals surface area contributed by atoms with Crippen molar-refractivity contribution >= 4 is 17.7 Å². The molecular weight excluding hydrogens is 220 g/mol. The van der Waals surface area contributed by atoms with E-state index in [1.807, 2.05) is 6.92 Å². The van der Waals surface area contributed by atoms with Gasteiger partial charge in [-0.15, -0.1) is 0 Å². The third-order valence-electron chi connectivity index (χ3n) is 2.26. The average Bonchev–Trinajstić information content (AvgIpc) is 2.29. The van der Waals surface area contributed by atoms with Gasteiger partial charge in [0.2, 0.25) is 0 Å². The van der Waals surface area contributed by atoms with Crippen LogP contribution in [0.1, 0.15) is 23.0 Å².